The Morgan fingerprint density at radius 2 is 1.93 bits per heavy atom. The number of piperidine rings is 1. The summed E-state index contributed by atoms with van der Waals surface area (Å²) < 4.78 is 6.96. The largest absolute Gasteiger partial charge is 0.453 e. The number of anilines is 1. The maximum Gasteiger partial charge on any atom is 0.306 e. The normalized spacial score (nSPS) is 16.4. The van der Waals surface area contributed by atoms with Gasteiger partial charge in [0.15, 0.2) is 6.10 Å². The van der Waals surface area contributed by atoms with Crippen LogP contribution < -0.4 is 5.73 Å². The van der Waals surface area contributed by atoms with Crippen LogP contribution in [-0.4, -0.2) is 55.6 Å². The van der Waals surface area contributed by atoms with Gasteiger partial charge in [0.1, 0.15) is 0 Å². The second kappa shape index (κ2) is 8.12. The van der Waals surface area contributed by atoms with Gasteiger partial charge in [0.2, 0.25) is 5.95 Å². The van der Waals surface area contributed by atoms with Crippen molar-refractivity contribution in [2.75, 3.05) is 18.8 Å². The third-order valence-corrected chi connectivity index (χ3v) is 5.40. The Balaban J connectivity index is 1.58. The number of aromatic nitrogens is 4. The Morgan fingerprint density at radius 1 is 1.25 bits per heavy atom. The molecule has 3 heterocycles. The number of carbonyl (C=O) groups excluding carboxylic acids is 2. The number of fused-ring (bicyclic) bond motifs is 1. The van der Waals surface area contributed by atoms with Crippen molar-refractivity contribution in [2.45, 2.75) is 59.5 Å². The molecule has 0 radical (unpaired) electrons. The summed E-state index contributed by atoms with van der Waals surface area (Å²) in [6, 6.07) is 0. The summed E-state index contributed by atoms with van der Waals surface area (Å²) in [5, 5.41) is 4.12. The molecular weight excluding hydrogens is 360 g/mol. The van der Waals surface area contributed by atoms with Gasteiger partial charge in [0.05, 0.1) is 0 Å². The number of nitrogens with zero attached hydrogens (tertiary/aromatic N) is 5. The minimum atomic E-state index is -0.765. The smallest absolute Gasteiger partial charge is 0.306 e. The Morgan fingerprint density at radius 3 is 2.61 bits per heavy atom. The highest BCUT2D eigenvalue weighted by Crippen LogP contribution is 2.18. The molecule has 1 saturated heterocycles. The van der Waals surface area contributed by atoms with Crippen molar-refractivity contribution in [2.24, 2.45) is 5.92 Å². The van der Waals surface area contributed by atoms with E-state index >= 15 is 0 Å². The second-order valence-corrected chi connectivity index (χ2v) is 7.58. The second-order valence-electron chi connectivity index (χ2n) is 7.58. The molecule has 0 bridgehead atoms. The molecule has 1 amide bonds. The summed E-state index contributed by atoms with van der Waals surface area (Å²) in [6.07, 6.45) is 1.83. The van der Waals surface area contributed by atoms with Crippen LogP contribution in [0, 0.1) is 19.8 Å². The first kappa shape index (κ1) is 20.0. The number of hydrogen-bond donors (Lipinski definition) is 1. The van der Waals surface area contributed by atoms with Crippen LogP contribution in [0.1, 0.15) is 50.1 Å². The van der Waals surface area contributed by atoms with Crippen molar-refractivity contribution in [3.63, 3.8) is 0 Å². The Bertz CT molecular complexity index is 885. The van der Waals surface area contributed by atoms with Crippen molar-refractivity contribution in [1.82, 2.24) is 24.5 Å². The molecule has 0 unspecified atom stereocenters. The maximum absolute atomic E-state index is 12.5. The lowest BCUT2D eigenvalue weighted by molar-refractivity contribution is -0.159. The number of ether oxygens (including phenoxy) is 1. The Labute approximate surface area is 164 Å². The topological polar surface area (TPSA) is 116 Å². The molecule has 1 atom stereocenters. The number of rotatable bonds is 5. The zero-order valence-corrected chi connectivity index (χ0v) is 16.9. The third-order valence-electron chi connectivity index (χ3n) is 5.40. The Hall–Kier alpha value is -2.71. The standard InChI is InChI=1S/C19H28N6O3/c1-11-7-9-24(10-8-11)17(27)14(4)28-16(26)6-5-15-12(2)21-19-22-18(20)23-25(19)13(15)3/h11,14H,5-10H2,1-4H3,(H2,20,23)/t14-/m1/s1. The third kappa shape index (κ3) is 4.23. The summed E-state index contributed by atoms with van der Waals surface area (Å²) in [6.45, 7) is 9.04. The first-order valence-corrected chi connectivity index (χ1v) is 9.73. The van der Waals surface area contributed by atoms with Crippen LogP contribution in [0.4, 0.5) is 5.95 Å². The molecule has 28 heavy (non-hydrogen) atoms. The van der Waals surface area contributed by atoms with Crippen LogP contribution >= 0.6 is 0 Å². The zero-order chi connectivity index (χ0) is 20.4. The lowest BCUT2D eigenvalue weighted by Gasteiger charge is -2.31. The molecule has 152 valence electrons. The minimum Gasteiger partial charge on any atom is -0.453 e. The average molecular weight is 388 g/mol. The van der Waals surface area contributed by atoms with E-state index in [4.69, 9.17) is 10.5 Å². The van der Waals surface area contributed by atoms with Crippen molar-refractivity contribution in [3.8, 4) is 0 Å². The van der Waals surface area contributed by atoms with Gasteiger partial charge in [0.25, 0.3) is 11.7 Å². The van der Waals surface area contributed by atoms with Gasteiger partial charge in [-0.15, -0.1) is 5.10 Å². The van der Waals surface area contributed by atoms with E-state index in [-0.39, 0.29) is 18.3 Å². The van der Waals surface area contributed by atoms with Gasteiger partial charge >= 0.3 is 5.97 Å². The predicted octanol–water partition coefficient (Wildman–Crippen LogP) is 1.45. The van der Waals surface area contributed by atoms with Gasteiger partial charge in [-0.1, -0.05) is 6.92 Å². The molecule has 0 aromatic carbocycles. The fraction of sp³-hybridized carbons (Fsp3) is 0.632. The number of nitrogen functional groups attached to an aromatic ring is 1. The molecule has 2 N–H and O–H groups in total. The number of carbonyl (C=O) groups is 2. The van der Waals surface area contributed by atoms with E-state index in [9.17, 15) is 9.59 Å². The van der Waals surface area contributed by atoms with Crippen LogP contribution in [0.3, 0.4) is 0 Å². The van der Waals surface area contributed by atoms with Gasteiger partial charge in [-0.25, -0.2) is 4.98 Å². The molecular formula is C19H28N6O3. The lowest BCUT2D eigenvalue weighted by atomic mass is 9.99. The zero-order valence-electron chi connectivity index (χ0n) is 16.9. The Kier molecular flexibility index (Phi) is 5.81. The molecule has 3 rings (SSSR count). The van der Waals surface area contributed by atoms with Crippen molar-refractivity contribution in [3.05, 3.63) is 17.0 Å². The minimum absolute atomic E-state index is 0.117. The van der Waals surface area contributed by atoms with E-state index in [1.54, 1.807) is 16.3 Å². The summed E-state index contributed by atoms with van der Waals surface area (Å²) in [4.78, 5) is 35.0. The van der Waals surface area contributed by atoms with Crippen LogP contribution in [0.15, 0.2) is 0 Å². The van der Waals surface area contributed by atoms with Gasteiger partial charge in [-0.2, -0.15) is 9.50 Å². The number of nitrogens with two attached hydrogens (primary N) is 1. The van der Waals surface area contributed by atoms with Crippen LogP contribution in [0.25, 0.3) is 5.78 Å². The van der Waals surface area contributed by atoms with E-state index in [1.165, 1.54) is 0 Å². The number of aryl methyl sites for hydroxylation is 2. The van der Waals surface area contributed by atoms with Gasteiger partial charge in [0, 0.05) is 30.9 Å². The maximum atomic E-state index is 12.5. The molecule has 9 nitrogen and oxygen atoms in total. The molecule has 0 spiro atoms. The highest BCUT2D eigenvalue weighted by Gasteiger charge is 2.26. The quantitative estimate of drug-likeness (QED) is 0.771. The first-order chi connectivity index (χ1) is 13.3. The number of esters is 1. The molecule has 1 fully saturated rings. The first-order valence-electron chi connectivity index (χ1n) is 9.73. The molecule has 2 aromatic heterocycles. The van der Waals surface area contributed by atoms with Gasteiger partial charge < -0.3 is 15.4 Å². The summed E-state index contributed by atoms with van der Waals surface area (Å²) in [7, 11) is 0. The van der Waals surface area contributed by atoms with E-state index in [2.05, 4.69) is 22.0 Å². The fourth-order valence-corrected chi connectivity index (χ4v) is 3.61. The van der Waals surface area contributed by atoms with Crippen LogP contribution in [0.5, 0.6) is 0 Å². The summed E-state index contributed by atoms with van der Waals surface area (Å²) in [5.41, 5.74) is 8.16. The van der Waals surface area contributed by atoms with E-state index in [0.717, 1.165) is 42.9 Å². The number of hydrogen-bond acceptors (Lipinski definition) is 7. The van der Waals surface area contributed by atoms with E-state index in [0.29, 0.717) is 18.1 Å². The lowest BCUT2D eigenvalue weighted by Crippen LogP contribution is -2.44. The molecule has 0 saturated carbocycles. The predicted molar refractivity (Wildman–Crippen MR) is 104 cm³/mol. The average Bonchev–Trinajstić information content (AvgIpc) is 3.01. The molecule has 2 aromatic rings. The van der Waals surface area contributed by atoms with Crippen molar-refractivity contribution >= 4 is 23.6 Å². The van der Waals surface area contributed by atoms with Gasteiger partial charge in [-0.3, -0.25) is 9.59 Å². The van der Waals surface area contributed by atoms with Crippen LogP contribution in [0.2, 0.25) is 0 Å². The summed E-state index contributed by atoms with van der Waals surface area (Å²) in [5.74, 6) is 0.719. The highest BCUT2D eigenvalue weighted by atomic mass is 16.5. The van der Waals surface area contributed by atoms with Crippen LogP contribution in [-0.2, 0) is 20.7 Å². The van der Waals surface area contributed by atoms with E-state index in [1.807, 2.05) is 13.8 Å². The molecule has 1 aliphatic rings. The molecule has 9 heteroatoms. The van der Waals surface area contributed by atoms with Crippen molar-refractivity contribution < 1.29 is 14.3 Å². The van der Waals surface area contributed by atoms with Crippen molar-refractivity contribution in [1.29, 1.82) is 0 Å². The molecule has 0 aliphatic carbocycles. The number of amides is 1. The molecule has 1 aliphatic heterocycles. The SMILES string of the molecule is Cc1nc2nc(N)nn2c(C)c1CCC(=O)O[C@H](C)C(=O)N1CCC(C)CC1. The number of likely N-dealkylation sites (tertiary alicyclic amines) is 1. The fourth-order valence-electron chi connectivity index (χ4n) is 3.61. The monoisotopic (exact) mass is 388 g/mol. The van der Waals surface area contributed by atoms with Gasteiger partial charge in [-0.05, 0) is 51.5 Å². The summed E-state index contributed by atoms with van der Waals surface area (Å²) >= 11 is 0. The van der Waals surface area contributed by atoms with E-state index < -0.39 is 12.1 Å². The highest BCUT2D eigenvalue weighted by molar-refractivity contribution is 5.83.